The third-order valence-corrected chi connectivity index (χ3v) is 8.25. The number of halogens is 2. The summed E-state index contributed by atoms with van der Waals surface area (Å²) >= 11 is 12.6. The van der Waals surface area contributed by atoms with Crippen LogP contribution in [-0.4, -0.2) is 92.2 Å². The number of pyridine rings is 1. The summed E-state index contributed by atoms with van der Waals surface area (Å²) in [6.45, 7) is 5.09. The van der Waals surface area contributed by atoms with Crippen LogP contribution in [0.4, 0.5) is 5.95 Å². The average Bonchev–Trinajstić information content (AvgIpc) is 2.97. The maximum atomic E-state index is 11.9. The van der Waals surface area contributed by atoms with Crippen LogP contribution in [0.2, 0.25) is 10.0 Å². The number of piperidine rings is 1. The molecule has 2 saturated heterocycles. The maximum Gasteiger partial charge on any atom is 0.303 e. The molecular formula is C30H34Cl2N6O5. The van der Waals surface area contributed by atoms with E-state index in [2.05, 4.69) is 14.9 Å². The molecule has 0 saturated carbocycles. The molecule has 0 spiro atoms. The van der Waals surface area contributed by atoms with Gasteiger partial charge >= 0.3 is 5.97 Å². The van der Waals surface area contributed by atoms with Crippen molar-refractivity contribution in [2.24, 2.45) is 5.92 Å². The van der Waals surface area contributed by atoms with E-state index in [-0.39, 0.29) is 30.9 Å². The van der Waals surface area contributed by atoms with Crippen molar-refractivity contribution in [3.05, 3.63) is 58.3 Å². The van der Waals surface area contributed by atoms with Gasteiger partial charge in [0.05, 0.1) is 30.7 Å². The molecule has 228 valence electrons. The molecular weight excluding hydrogens is 595 g/mol. The number of likely N-dealkylation sites (tertiary alicyclic amines) is 1. The summed E-state index contributed by atoms with van der Waals surface area (Å²) in [5.74, 6) is 0.623. The Morgan fingerprint density at radius 1 is 1.00 bits per heavy atom. The lowest BCUT2D eigenvalue weighted by Gasteiger charge is -2.40. The standard InChI is InChI=1S/C30H34Cl2N6O5/c1-19(40)38-7-6-37(17-25(38)18-39)30-33-14-26(15-34-30)43-28-9-21(16-36-4-2-20(3-5-36)10-29(41)42)8-27(35-28)22-11-23(31)13-24(32)12-22/h8-9,11-15,20,25,39H,2-7,10,16-18H2,1H3,(H,41,42). The van der Waals surface area contributed by atoms with Crippen LogP contribution in [0.25, 0.3) is 11.3 Å². The lowest BCUT2D eigenvalue weighted by molar-refractivity contribution is -0.138. The van der Waals surface area contributed by atoms with E-state index in [0.717, 1.165) is 37.1 Å². The van der Waals surface area contributed by atoms with E-state index in [1.807, 2.05) is 17.0 Å². The second kappa shape index (κ2) is 13.9. The molecule has 0 radical (unpaired) electrons. The number of amides is 1. The van der Waals surface area contributed by atoms with E-state index in [9.17, 15) is 14.7 Å². The molecule has 2 N–H and O–H groups in total. The van der Waals surface area contributed by atoms with Gasteiger partial charge in [-0.05, 0) is 61.7 Å². The molecule has 2 aliphatic rings. The third kappa shape index (κ3) is 8.11. The zero-order chi connectivity index (χ0) is 30.5. The molecule has 11 nitrogen and oxygen atoms in total. The Labute approximate surface area is 260 Å². The van der Waals surface area contributed by atoms with Crippen LogP contribution in [0.5, 0.6) is 11.6 Å². The molecule has 3 aromatic rings. The van der Waals surface area contributed by atoms with Crippen molar-refractivity contribution in [1.29, 1.82) is 0 Å². The number of carbonyl (C=O) groups excluding carboxylic acids is 1. The average molecular weight is 630 g/mol. The minimum absolute atomic E-state index is 0.0693. The van der Waals surface area contributed by atoms with E-state index in [1.165, 1.54) is 6.92 Å². The van der Waals surface area contributed by atoms with Gasteiger partial charge in [0, 0.05) is 61.2 Å². The Bertz CT molecular complexity index is 1430. The molecule has 1 unspecified atom stereocenters. The molecule has 1 amide bonds. The van der Waals surface area contributed by atoms with Crippen LogP contribution in [-0.2, 0) is 16.1 Å². The molecule has 0 bridgehead atoms. The largest absolute Gasteiger partial charge is 0.481 e. The second-order valence-electron chi connectivity index (χ2n) is 11.0. The first-order valence-corrected chi connectivity index (χ1v) is 15.0. The molecule has 2 fully saturated rings. The number of carboxylic acids is 1. The zero-order valence-corrected chi connectivity index (χ0v) is 25.3. The number of rotatable bonds is 9. The van der Waals surface area contributed by atoms with Crippen molar-refractivity contribution in [1.82, 2.24) is 24.8 Å². The Kier molecular flexibility index (Phi) is 9.97. The topological polar surface area (TPSA) is 132 Å². The van der Waals surface area contributed by atoms with Crippen molar-refractivity contribution in [2.75, 3.05) is 44.2 Å². The van der Waals surface area contributed by atoms with Gasteiger partial charge in [0.15, 0.2) is 5.75 Å². The van der Waals surface area contributed by atoms with E-state index < -0.39 is 5.97 Å². The number of carboxylic acid groups (broad SMARTS) is 1. The number of hydrogen-bond acceptors (Lipinski definition) is 9. The van der Waals surface area contributed by atoms with Crippen molar-refractivity contribution in [3.8, 4) is 22.9 Å². The SMILES string of the molecule is CC(=O)N1CCN(c2ncc(Oc3cc(CN4CCC(CC(=O)O)CC4)cc(-c4cc(Cl)cc(Cl)c4)n3)cn2)CC1CO. The first-order chi connectivity index (χ1) is 20.7. The Balaban J connectivity index is 1.33. The van der Waals surface area contributed by atoms with Crippen LogP contribution in [0.3, 0.4) is 0 Å². The van der Waals surface area contributed by atoms with Crippen LogP contribution in [0, 0.1) is 5.92 Å². The van der Waals surface area contributed by atoms with Crippen molar-refractivity contribution in [2.45, 2.75) is 38.8 Å². The zero-order valence-electron chi connectivity index (χ0n) is 23.8. The molecule has 1 atom stereocenters. The summed E-state index contributed by atoms with van der Waals surface area (Å²) in [4.78, 5) is 42.6. The molecule has 2 aliphatic heterocycles. The quantitative estimate of drug-likeness (QED) is 0.352. The third-order valence-electron chi connectivity index (χ3n) is 7.81. The predicted octanol–water partition coefficient (Wildman–Crippen LogP) is 4.35. The number of aromatic nitrogens is 3. The maximum absolute atomic E-state index is 11.9. The first-order valence-electron chi connectivity index (χ1n) is 14.2. The van der Waals surface area contributed by atoms with Gasteiger partial charge in [0.2, 0.25) is 17.7 Å². The fourth-order valence-electron chi connectivity index (χ4n) is 5.66. The van der Waals surface area contributed by atoms with Gasteiger partial charge in [-0.1, -0.05) is 23.2 Å². The highest BCUT2D eigenvalue weighted by Gasteiger charge is 2.29. The van der Waals surface area contributed by atoms with Crippen LogP contribution < -0.4 is 9.64 Å². The smallest absolute Gasteiger partial charge is 0.303 e. The Morgan fingerprint density at radius 2 is 1.70 bits per heavy atom. The lowest BCUT2D eigenvalue weighted by atomic mass is 9.93. The van der Waals surface area contributed by atoms with Gasteiger partial charge in [-0.2, -0.15) is 0 Å². The number of benzene rings is 1. The highest BCUT2D eigenvalue weighted by molar-refractivity contribution is 6.35. The van der Waals surface area contributed by atoms with Gasteiger partial charge in [-0.3, -0.25) is 14.5 Å². The number of aliphatic carboxylic acids is 1. The number of ether oxygens (including phenoxy) is 1. The normalized spacial score (nSPS) is 18.1. The number of anilines is 1. The fourth-order valence-corrected chi connectivity index (χ4v) is 6.19. The van der Waals surface area contributed by atoms with Gasteiger partial charge in [0.1, 0.15) is 0 Å². The van der Waals surface area contributed by atoms with Gasteiger partial charge in [0.25, 0.3) is 0 Å². The fraction of sp³-hybridized carbons (Fsp3) is 0.433. The minimum Gasteiger partial charge on any atom is -0.481 e. The van der Waals surface area contributed by atoms with Crippen LogP contribution in [0.15, 0.2) is 42.7 Å². The summed E-state index contributed by atoms with van der Waals surface area (Å²) in [5, 5.41) is 19.9. The van der Waals surface area contributed by atoms with Gasteiger partial charge in [-0.25, -0.2) is 15.0 Å². The van der Waals surface area contributed by atoms with E-state index in [1.54, 1.807) is 35.5 Å². The van der Waals surface area contributed by atoms with Crippen molar-refractivity contribution in [3.63, 3.8) is 0 Å². The number of piperazine rings is 1. The summed E-state index contributed by atoms with van der Waals surface area (Å²) in [6.07, 6.45) is 5.03. The predicted molar refractivity (Wildman–Crippen MR) is 163 cm³/mol. The van der Waals surface area contributed by atoms with Gasteiger partial charge in [-0.15, -0.1) is 0 Å². The number of nitrogens with zero attached hydrogens (tertiary/aromatic N) is 6. The van der Waals surface area contributed by atoms with Crippen molar-refractivity contribution < 1.29 is 24.5 Å². The first kappa shape index (κ1) is 30.9. The summed E-state index contributed by atoms with van der Waals surface area (Å²) in [6, 6.07) is 8.79. The second-order valence-corrected chi connectivity index (χ2v) is 11.9. The summed E-state index contributed by atoms with van der Waals surface area (Å²) in [5.41, 5.74) is 2.37. The van der Waals surface area contributed by atoms with Crippen molar-refractivity contribution >= 4 is 41.0 Å². The molecule has 4 heterocycles. The molecule has 13 heteroatoms. The number of carbonyl (C=O) groups is 2. The molecule has 0 aliphatic carbocycles. The Morgan fingerprint density at radius 3 is 2.33 bits per heavy atom. The summed E-state index contributed by atoms with van der Waals surface area (Å²) < 4.78 is 6.13. The number of aliphatic hydroxyl groups excluding tert-OH is 1. The highest BCUT2D eigenvalue weighted by Crippen LogP contribution is 2.31. The van der Waals surface area contributed by atoms with Crippen LogP contribution in [0.1, 0.15) is 31.7 Å². The molecule has 1 aromatic carbocycles. The molecule has 43 heavy (non-hydrogen) atoms. The molecule has 2 aromatic heterocycles. The van der Waals surface area contributed by atoms with E-state index >= 15 is 0 Å². The van der Waals surface area contributed by atoms with Crippen LogP contribution >= 0.6 is 23.2 Å². The van der Waals surface area contributed by atoms with E-state index in [0.29, 0.717) is 59.5 Å². The number of hydrogen-bond donors (Lipinski definition) is 2. The van der Waals surface area contributed by atoms with E-state index in [4.69, 9.17) is 38.0 Å². The number of aliphatic hydroxyl groups is 1. The summed E-state index contributed by atoms with van der Waals surface area (Å²) in [7, 11) is 0. The Hall–Kier alpha value is -3.51. The molecule has 5 rings (SSSR count). The highest BCUT2D eigenvalue weighted by atomic mass is 35.5. The monoisotopic (exact) mass is 628 g/mol. The minimum atomic E-state index is -0.749. The lowest BCUT2D eigenvalue weighted by Crippen LogP contribution is -2.56. The van der Waals surface area contributed by atoms with Gasteiger partial charge < -0.3 is 24.7 Å².